The van der Waals surface area contributed by atoms with Crippen LogP contribution in [0.3, 0.4) is 0 Å². The van der Waals surface area contributed by atoms with Crippen molar-refractivity contribution >= 4 is 23.6 Å². The van der Waals surface area contributed by atoms with Crippen LogP contribution in [0.25, 0.3) is 0 Å². The van der Waals surface area contributed by atoms with Crippen LogP contribution in [0.4, 0.5) is 0 Å². The van der Waals surface area contributed by atoms with E-state index < -0.39 is 17.6 Å². The molecule has 25 heavy (non-hydrogen) atoms. The Morgan fingerprint density at radius 3 is 2.16 bits per heavy atom. The van der Waals surface area contributed by atoms with Gasteiger partial charge in [-0.15, -0.1) is 0 Å². The quantitative estimate of drug-likeness (QED) is 0.585. The third-order valence-electron chi connectivity index (χ3n) is 6.73. The van der Waals surface area contributed by atoms with Crippen molar-refractivity contribution < 1.29 is 18.1 Å². The van der Waals surface area contributed by atoms with E-state index in [1.807, 2.05) is 13.8 Å². The minimum Gasteiger partial charge on any atom is -0.519 e. The number of carbonyl (C=O) groups excluding carboxylic acids is 1. The van der Waals surface area contributed by atoms with Crippen LogP contribution in [-0.2, 0) is 18.1 Å². The van der Waals surface area contributed by atoms with E-state index in [9.17, 15) is 4.79 Å². The van der Waals surface area contributed by atoms with E-state index in [0.29, 0.717) is 25.0 Å². The van der Waals surface area contributed by atoms with Crippen LogP contribution in [0.5, 0.6) is 0 Å². The molecule has 2 aliphatic rings. The van der Waals surface area contributed by atoms with Crippen LogP contribution in [0, 0.1) is 17.8 Å². The lowest BCUT2D eigenvalue weighted by Gasteiger charge is -2.41. The molecule has 0 aromatic rings. The van der Waals surface area contributed by atoms with Gasteiger partial charge >= 0.3 is 9.28 Å². The average molecular weight is 386 g/mol. The Kier molecular flexibility index (Phi) is 6.29. The number of carbonyl (C=O) groups is 1. The highest BCUT2D eigenvalue weighted by Crippen LogP contribution is 2.67. The molecule has 0 amide bonds. The standard InChI is InChI=1S/C19H37O4Si2/c1-9-21-24(22-10-2)19-12-14(3)15(13-19)11-16(19)17(20)23-25(7,8)18(4,5)6/h14-16H,9-13H2,1-8H3. The van der Waals surface area contributed by atoms with Gasteiger partial charge in [-0.25, -0.2) is 0 Å². The van der Waals surface area contributed by atoms with E-state index in [-0.39, 0.29) is 22.0 Å². The van der Waals surface area contributed by atoms with Gasteiger partial charge in [0.25, 0.3) is 14.3 Å². The second-order valence-electron chi connectivity index (χ2n) is 9.42. The predicted molar refractivity (Wildman–Crippen MR) is 105 cm³/mol. The lowest BCUT2D eigenvalue weighted by atomic mass is 9.82. The maximum Gasteiger partial charge on any atom is 0.392 e. The Labute approximate surface area is 157 Å². The van der Waals surface area contributed by atoms with Gasteiger partial charge in [0.2, 0.25) is 0 Å². The van der Waals surface area contributed by atoms with Crippen molar-refractivity contribution in [3.63, 3.8) is 0 Å². The maximum absolute atomic E-state index is 13.2. The Hall–Kier alpha value is -0.176. The summed E-state index contributed by atoms with van der Waals surface area (Å²) in [6.45, 7) is 18.5. The summed E-state index contributed by atoms with van der Waals surface area (Å²) in [5.74, 6) is 1.23. The zero-order valence-corrected chi connectivity index (χ0v) is 19.4. The van der Waals surface area contributed by atoms with Gasteiger partial charge < -0.3 is 13.3 Å². The molecule has 0 spiro atoms. The Bertz CT molecular complexity index is 478. The molecule has 0 aromatic carbocycles. The van der Waals surface area contributed by atoms with Crippen molar-refractivity contribution in [1.29, 1.82) is 0 Å². The SMILES string of the molecule is CCO[Si](OCC)C12CC(C)C(CC1C(=O)O[Si](C)(C)C(C)(C)C)C2. The topological polar surface area (TPSA) is 44.8 Å². The van der Waals surface area contributed by atoms with Gasteiger partial charge in [0.15, 0.2) is 0 Å². The highest BCUT2D eigenvalue weighted by molar-refractivity contribution is 6.75. The van der Waals surface area contributed by atoms with Crippen LogP contribution < -0.4 is 0 Å². The molecule has 4 nitrogen and oxygen atoms in total. The zero-order valence-electron chi connectivity index (χ0n) is 17.4. The molecule has 0 aromatic heterocycles. The van der Waals surface area contributed by atoms with Gasteiger partial charge in [-0.2, -0.15) is 0 Å². The van der Waals surface area contributed by atoms with Crippen LogP contribution in [0.1, 0.15) is 60.8 Å². The van der Waals surface area contributed by atoms with Crippen LogP contribution in [0.2, 0.25) is 23.2 Å². The van der Waals surface area contributed by atoms with Crippen molar-refractivity contribution in [2.75, 3.05) is 13.2 Å². The molecule has 4 unspecified atom stereocenters. The normalized spacial score (nSPS) is 32.4. The van der Waals surface area contributed by atoms with Crippen molar-refractivity contribution in [3.8, 4) is 0 Å². The first kappa shape index (κ1) is 21.1. The number of rotatable bonds is 7. The molecule has 2 saturated carbocycles. The smallest absolute Gasteiger partial charge is 0.392 e. The van der Waals surface area contributed by atoms with Crippen molar-refractivity contribution in [2.45, 2.75) is 84.0 Å². The third kappa shape index (κ3) is 3.92. The van der Waals surface area contributed by atoms with Crippen molar-refractivity contribution in [1.82, 2.24) is 0 Å². The molecule has 2 rings (SSSR count). The van der Waals surface area contributed by atoms with Gasteiger partial charge in [0, 0.05) is 18.3 Å². The fourth-order valence-corrected chi connectivity index (χ4v) is 7.89. The highest BCUT2D eigenvalue weighted by Gasteiger charge is 2.65. The summed E-state index contributed by atoms with van der Waals surface area (Å²) in [6, 6.07) is 0. The number of hydrogen-bond acceptors (Lipinski definition) is 4. The summed E-state index contributed by atoms with van der Waals surface area (Å²) in [5.41, 5.74) is 0. The summed E-state index contributed by atoms with van der Waals surface area (Å²) >= 11 is 0. The lowest BCUT2D eigenvalue weighted by molar-refractivity contribution is -0.142. The van der Waals surface area contributed by atoms with E-state index in [1.54, 1.807) is 0 Å². The van der Waals surface area contributed by atoms with Gasteiger partial charge in [-0.1, -0.05) is 27.7 Å². The minimum absolute atomic E-state index is 0.0166. The van der Waals surface area contributed by atoms with Gasteiger partial charge in [-0.3, -0.25) is 4.79 Å². The summed E-state index contributed by atoms with van der Waals surface area (Å²) in [5, 5.41) is -0.0748. The first-order chi connectivity index (χ1) is 11.5. The molecule has 2 fully saturated rings. The first-order valence-electron chi connectivity index (χ1n) is 9.84. The van der Waals surface area contributed by atoms with Crippen molar-refractivity contribution in [3.05, 3.63) is 0 Å². The van der Waals surface area contributed by atoms with E-state index in [2.05, 4.69) is 40.8 Å². The lowest BCUT2D eigenvalue weighted by Crippen LogP contribution is -2.49. The second kappa shape index (κ2) is 7.45. The minimum atomic E-state index is -2.10. The fourth-order valence-electron chi connectivity index (χ4n) is 4.32. The molecular weight excluding hydrogens is 348 g/mol. The fraction of sp³-hybridized carbons (Fsp3) is 0.947. The highest BCUT2D eigenvalue weighted by atomic mass is 28.4. The van der Waals surface area contributed by atoms with Gasteiger partial charge in [0.1, 0.15) is 0 Å². The average Bonchev–Trinajstić information content (AvgIpc) is 3.01. The molecule has 2 aliphatic carbocycles. The van der Waals surface area contributed by atoms with E-state index >= 15 is 0 Å². The molecule has 2 bridgehead atoms. The van der Waals surface area contributed by atoms with E-state index in [1.165, 1.54) is 0 Å². The van der Waals surface area contributed by atoms with Crippen LogP contribution >= 0.6 is 0 Å². The zero-order chi connectivity index (χ0) is 19.0. The summed E-state index contributed by atoms with van der Waals surface area (Å²) in [6.07, 6.45) is 3.06. The van der Waals surface area contributed by atoms with E-state index in [0.717, 1.165) is 19.3 Å². The van der Waals surface area contributed by atoms with Gasteiger partial charge in [0.05, 0.1) is 5.92 Å². The van der Waals surface area contributed by atoms with Crippen LogP contribution in [0.15, 0.2) is 0 Å². The number of hydrogen-bond donors (Lipinski definition) is 0. The van der Waals surface area contributed by atoms with Crippen molar-refractivity contribution in [2.24, 2.45) is 17.8 Å². The second-order valence-corrected chi connectivity index (χ2v) is 16.3. The molecule has 4 atom stereocenters. The molecular formula is C19H37O4Si2. The summed E-state index contributed by atoms with van der Waals surface area (Å²) < 4.78 is 18.4. The molecule has 1 radical (unpaired) electrons. The van der Waals surface area contributed by atoms with Crippen LogP contribution in [-0.4, -0.2) is 36.8 Å². The molecule has 0 heterocycles. The first-order valence-corrected chi connectivity index (χ1v) is 14.1. The van der Waals surface area contributed by atoms with Gasteiger partial charge in [-0.05, 0) is 63.1 Å². The van der Waals surface area contributed by atoms with E-state index in [4.69, 9.17) is 13.3 Å². The Morgan fingerprint density at radius 2 is 1.72 bits per heavy atom. The number of fused-ring (bicyclic) bond motifs is 2. The summed E-state index contributed by atoms with van der Waals surface area (Å²) in [4.78, 5) is 13.2. The Balaban J connectivity index is 2.26. The molecule has 145 valence electrons. The molecule has 6 heteroatoms. The molecule has 0 aliphatic heterocycles. The monoisotopic (exact) mass is 385 g/mol. The predicted octanol–water partition coefficient (Wildman–Crippen LogP) is 4.90. The Morgan fingerprint density at radius 1 is 1.16 bits per heavy atom. The molecule has 0 saturated heterocycles. The molecule has 0 N–H and O–H groups in total. The maximum atomic E-state index is 13.2. The summed E-state index contributed by atoms with van der Waals surface area (Å²) in [7, 11) is -3.60. The largest absolute Gasteiger partial charge is 0.519 e. The third-order valence-corrected chi connectivity index (χ3v) is 13.7.